The molecular formula is C51H92O9. The van der Waals surface area contributed by atoms with Crippen LogP contribution in [0.15, 0.2) is 48.6 Å². The topological polar surface area (TPSA) is 135 Å². The molecule has 0 bridgehead atoms. The smallest absolute Gasteiger partial charge is 0.306 e. The first-order valence-electron chi connectivity index (χ1n) is 24.7. The van der Waals surface area contributed by atoms with E-state index in [0.29, 0.717) is 13.0 Å². The second-order valence-corrected chi connectivity index (χ2v) is 16.9. The summed E-state index contributed by atoms with van der Waals surface area (Å²) in [5.74, 6) is -0.328. The Morgan fingerprint density at radius 2 is 0.967 bits per heavy atom. The van der Waals surface area contributed by atoms with Gasteiger partial charge in [0, 0.05) is 13.0 Å². The highest BCUT2D eigenvalue weighted by Gasteiger charge is 2.44. The summed E-state index contributed by atoms with van der Waals surface area (Å²) in [6, 6.07) is 0. The minimum absolute atomic E-state index is 0.122. The summed E-state index contributed by atoms with van der Waals surface area (Å²) >= 11 is 0. The molecule has 0 spiro atoms. The number of esters is 1. The summed E-state index contributed by atoms with van der Waals surface area (Å²) in [4.78, 5) is 12.8. The summed E-state index contributed by atoms with van der Waals surface area (Å²) in [5.41, 5.74) is 0. The molecule has 0 aromatic rings. The van der Waals surface area contributed by atoms with Crippen molar-refractivity contribution in [1.29, 1.82) is 0 Å². The second kappa shape index (κ2) is 42.5. The fourth-order valence-corrected chi connectivity index (χ4v) is 7.32. The van der Waals surface area contributed by atoms with Crippen molar-refractivity contribution in [1.82, 2.24) is 0 Å². The van der Waals surface area contributed by atoms with Crippen molar-refractivity contribution in [3.63, 3.8) is 0 Å². The SMILES string of the molecule is CCCCCCC/C=C\C/C=C\C/C=C\CCCCCCCCC(=O)OC(COCCCCCCCC/C=C\CCCCCCCC)COC1OC(CO)C(O)C(O)C1O. The Morgan fingerprint density at radius 3 is 1.47 bits per heavy atom. The van der Waals surface area contributed by atoms with Crippen LogP contribution in [0, 0.1) is 0 Å². The Bertz CT molecular complexity index is 1060. The molecule has 1 rings (SSSR count). The predicted octanol–water partition coefficient (Wildman–Crippen LogP) is 11.7. The monoisotopic (exact) mass is 849 g/mol. The first kappa shape index (κ1) is 56.2. The van der Waals surface area contributed by atoms with Crippen molar-refractivity contribution in [2.45, 2.75) is 243 Å². The van der Waals surface area contributed by atoms with Gasteiger partial charge < -0.3 is 39.4 Å². The van der Waals surface area contributed by atoms with Gasteiger partial charge >= 0.3 is 5.97 Å². The molecule has 1 aliphatic heterocycles. The maximum absolute atomic E-state index is 12.8. The van der Waals surface area contributed by atoms with Gasteiger partial charge in [0.15, 0.2) is 6.29 Å². The summed E-state index contributed by atoms with van der Waals surface area (Å²) < 4.78 is 22.8. The van der Waals surface area contributed by atoms with Crippen LogP contribution in [0.5, 0.6) is 0 Å². The molecule has 1 saturated heterocycles. The number of hydrogen-bond acceptors (Lipinski definition) is 9. The number of ether oxygens (including phenoxy) is 4. The number of aliphatic hydroxyl groups excluding tert-OH is 4. The van der Waals surface area contributed by atoms with Gasteiger partial charge in [-0.05, 0) is 77.0 Å². The van der Waals surface area contributed by atoms with E-state index in [1.54, 1.807) is 0 Å². The lowest BCUT2D eigenvalue weighted by atomic mass is 9.99. The number of aliphatic hydroxyl groups is 4. The van der Waals surface area contributed by atoms with E-state index in [-0.39, 0.29) is 19.2 Å². The first-order chi connectivity index (χ1) is 29.4. The number of carbonyl (C=O) groups excluding carboxylic acids is 1. The number of hydrogen-bond donors (Lipinski definition) is 4. The lowest BCUT2D eigenvalue weighted by molar-refractivity contribution is -0.305. The van der Waals surface area contributed by atoms with Gasteiger partial charge in [-0.15, -0.1) is 0 Å². The van der Waals surface area contributed by atoms with Gasteiger partial charge in [-0.2, -0.15) is 0 Å². The Morgan fingerprint density at radius 1 is 0.533 bits per heavy atom. The fraction of sp³-hybridized carbons (Fsp3) is 0.824. The van der Waals surface area contributed by atoms with Crippen LogP contribution in [0.1, 0.15) is 206 Å². The van der Waals surface area contributed by atoms with Gasteiger partial charge in [0.25, 0.3) is 0 Å². The molecule has 6 atom stereocenters. The summed E-state index contributed by atoms with van der Waals surface area (Å²) in [5, 5.41) is 40.2. The molecule has 0 aromatic carbocycles. The summed E-state index contributed by atoms with van der Waals surface area (Å²) in [7, 11) is 0. The van der Waals surface area contributed by atoms with Crippen LogP contribution in [-0.2, 0) is 23.7 Å². The average Bonchev–Trinajstić information content (AvgIpc) is 3.25. The zero-order valence-electron chi connectivity index (χ0n) is 38.5. The minimum atomic E-state index is -1.54. The third-order valence-corrected chi connectivity index (χ3v) is 11.2. The van der Waals surface area contributed by atoms with Crippen LogP contribution in [-0.4, -0.2) is 89.6 Å². The van der Waals surface area contributed by atoms with Gasteiger partial charge in [-0.1, -0.05) is 172 Å². The lowest BCUT2D eigenvalue weighted by Crippen LogP contribution is -2.59. The first-order valence-corrected chi connectivity index (χ1v) is 24.7. The predicted molar refractivity (Wildman–Crippen MR) is 247 cm³/mol. The van der Waals surface area contributed by atoms with Crippen LogP contribution in [0.2, 0.25) is 0 Å². The lowest BCUT2D eigenvalue weighted by Gasteiger charge is -2.39. The van der Waals surface area contributed by atoms with Gasteiger partial charge in [0.2, 0.25) is 0 Å². The Labute approximate surface area is 367 Å². The van der Waals surface area contributed by atoms with Crippen molar-refractivity contribution in [3.8, 4) is 0 Å². The van der Waals surface area contributed by atoms with E-state index in [2.05, 4.69) is 62.5 Å². The number of carbonyl (C=O) groups is 1. The molecule has 1 fully saturated rings. The zero-order chi connectivity index (χ0) is 43.6. The highest BCUT2D eigenvalue weighted by molar-refractivity contribution is 5.69. The molecule has 9 heteroatoms. The molecule has 6 unspecified atom stereocenters. The highest BCUT2D eigenvalue weighted by Crippen LogP contribution is 2.22. The molecule has 0 radical (unpaired) electrons. The molecule has 1 heterocycles. The average molecular weight is 849 g/mol. The molecule has 0 aromatic heterocycles. The maximum atomic E-state index is 12.8. The van der Waals surface area contributed by atoms with E-state index in [1.807, 2.05) is 0 Å². The normalized spacial score (nSPS) is 20.4. The molecule has 0 amide bonds. The molecule has 1 aliphatic rings. The molecule has 9 nitrogen and oxygen atoms in total. The maximum Gasteiger partial charge on any atom is 0.306 e. The quantitative estimate of drug-likeness (QED) is 0.0269. The van der Waals surface area contributed by atoms with Crippen molar-refractivity contribution in [3.05, 3.63) is 48.6 Å². The van der Waals surface area contributed by atoms with E-state index in [1.165, 1.54) is 122 Å². The Balaban J connectivity index is 2.25. The van der Waals surface area contributed by atoms with Crippen molar-refractivity contribution < 1.29 is 44.2 Å². The third-order valence-electron chi connectivity index (χ3n) is 11.2. The van der Waals surface area contributed by atoms with Crippen molar-refractivity contribution in [2.75, 3.05) is 26.4 Å². The van der Waals surface area contributed by atoms with Crippen molar-refractivity contribution in [2.24, 2.45) is 0 Å². The van der Waals surface area contributed by atoms with Crippen LogP contribution < -0.4 is 0 Å². The third kappa shape index (κ3) is 32.8. The fourth-order valence-electron chi connectivity index (χ4n) is 7.32. The molecule has 60 heavy (non-hydrogen) atoms. The molecule has 350 valence electrons. The van der Waals surface area contributed by atoms with Crippen LogP contribution >= 0.6 is 0 Å². The Kier molecular flexibility index (Phi) is 39.7. The van der Waals surface area contributed by atoms with Crippen LogP contribution in [0.25, 0.3) is 0 Å². The molecule has 0 saturated carbocycles. The largest absolute Gasteiger partial charge is 0.457 e. The highest BCUT2D eigenvalue weighted by atomic mass is 16.7. The number of rotatable bonds is 42. The second-order valence-electron chi connectivity index (χ2n) is 16.9. The van der Waals surface area contributed by atoms with E-state index in [0.717, 1.165) is 64.2 Å². The van der Waals surface area contributed by atoms with Crippen LogP contribution in [0.4, 0.5) is 0 Å². The van der Waals surface area contributed by atoms with Gasteiger partial charge in [0.1, 0.15) is 30.5 Å². The van der Waals surface area contributed by atoms with Gasteiger partial charge in [0.05, 0.1) is 19.8 Å². The van der Waals surface area contributed by atoms with E-state index >= 15 is 0 Å². The van der Waals surface area contributed by atoms with Gasteiger partial charge in [-0.3, -0.25) is 4.79 Å². The molecule has 0 aliphatic carbocycles. The van der Waals surface area contributed by atoms with E-state index in [4.69, 9.17) is 18.9 Å². The molecule has 4 N–H and O–H groups in total. The van der Waals surface area contributed by atoms with E-state index in [9.17, 15) is 25.2 Å². The zero-order valence-corrected chi connectivity index (χ0v) is 38.5. The van der Waals surface area contributed by atoms with Crippen LogP contribution in [0.3, 0.4) is 0 Å². The molecular weight excluding hydrogens is 757 g/mol. The van der Waals surface area contributed by atoms with E-state index < -0.39 is 43.4 Å². The summed E-state index contributed by atoms with van der Waals surface area (Å²) in [6.07, 6.45) is 45.6. The number of unbranched alkanes of at least 4 members (excludes halogenated alkanes) is 23. The minimum Gasteiger partial charge on any atom is -0.457 e. The standard InChI is InChI=1S/C51H92O9/c1-3-5-7-9-11-13-15-17-19-21-22-23-24-25-26-28-30-32-34-36-38-40-47(53)59-45(44-58-51-50(56)49(55)48(54)46(42-52)60-51)43-57-41-39-37-35-33-31-29-27-20-18-16-14-12-10-8-6-4-2/h15,17-18,20-22,24-25,45-46,48-52,54-56H,3-14,16,19,23,26-44H2,1-2H3/b17-15-,20-18-,22-21-,25-24-. The summed E-state index contributed by atoms with van der Waals surface area (Å²) in [6.45, 7) is 4.52. The van der Waals surface area contributed by atoms with Crippen molar-refractivity contribution >= 4 is 5.97 Å². The van der Waals surface area contributed by atoms with Gasteiger partial charge in [-0.25, -0.2) is 0 Å². The Hall–Kier alpha value is -1.85. The number of allylic oxidation sites excluding steroid dienone is 8.